The smallest absolute Gasteiger partial charge is 0.237 e. The fraction of sp³-hybridized carbons (Fsp3) is 0.648. The van der Waals surface area contributed by atoms with E-state index in [9.17, 15) is 9.90 Å². The first-order valence-corrected chi connectivity index (χ1v) is 27.0. The van der Waals surface area contributed by atoms with E-state index in [0.29, 0.717) is 58.2 Å². The molecule has 5 rings (SSSR count). The second kappa shape index (κ2) is 24.5. The summed E-state index contributed by atoms with van der Waals surface area (Å²) in [6.45, 7) is 27.1. The van der Waals surface area contributed by atoms with Crippen LogP contribution in [0.25, 0.3) is 0 Å². The first-order chi connectivity index (χ1) is 31.3. The number of aliphatic hydroxyl groups excluding tert-OH is 1. The van der Waals surface area contributed by atoms with Gasteiger partial charge in [0.15, 0.2) is 14.1 Å². The van der Waals surface area contributed by atoms with Crippen LogP contribution in [0, 0.1) is 5.41 Å². The Bertz CT molecular complexity index is 1860. The summed E-state index contributed by atoms with van der Waals surface area (Å²) >= 11 is 0. The average molecular weight is 935 g/mol. The van der Waals surface area contributed by atoms with Crippen molar-refractivity contribution in [3.05, 3.63) is 102 Å². The number of Topliss-reactive ketones (excluding diaryl/α,β-unsaturated/α-hetero) is 1. The van der Waals surface area contributed by atoms with Crippen molar-refractivity contribution in [2.75, 3.05) is 27.6 Å². The maximum atomic E-state index is 14.0. The lowest BCUT2D eigenvalue weighted by atomic mass is 9.76. The topological polar surface area (TPSA) is 120 Å². The van der Waals surface area contributed by atoms with Gasteiger partial charge in [0.25, 0.3) is 0 Å². The predicted molar refractivity (Wildman–Crippen MR) is 262 cm³/mol. The average Bonchev–Trinajstić information content (AvgIpc) is 3.26. The molecule has 9 atom stereocenters. The number of ether oxygens (including phenoxy) is 8. The summed E-state index contributed by atoms with van der Waals surface area (Å²) in [7, 11) is 0.979. The van der Waals surface area contributed by atoms with Crippen molar-refractivity contribution in [1.29, 1.82) is 0 Å². The third-order valence-electron chi connectivity index (χ3n) is 14.0. The van der Waals surface area contributed by atoms with E-state index < -0.39 is 19.5 Å². The molecule has 11 nitrogen and oxygen atoms in total. The molecule has 3 aliphatic rings. The van der Waals surface area contributed by atoms with Gasteiger partial charge in [-0.25, -0.2) is 0 Å². The number of carbonyl (C=O) groups excluding carboxylic acids is 1. The van der Waals surface area contributed by atoms with Crippen LogP contribution in [0.4, 0.5) is 0 Å². The van der Waals surface area contributed by atoms with E-state index in [1.165, 1.54) is 0 Å². The lowest BCUT2D eigenvalue weighted by Gasteiger charge is -2.48. The Labute approximate surface area is 397 Å². The van der Waals surface area contributed by atoms with Gasteiger partial charge in [0.2, 0.25) is 5.79 Å². The molecule has 3 fully saturated rings. The normalized spacial score (nSPS) is 26.1. The molecule has 0 amide bonds. The van der Waals surface area contributed by atoms with E-state index in [4.69, 9.17) is 42.3 Å². The molecule has 0 aromatic heterocycles. The minimum absolute atomic E-state index is 0.0218. The molecule has 3 saturated heterocycles. The second-order valence-corrected chi connectivity index (χ2v) is 25.6. The van der Waals surface area contributed by atoms with E-state index in [2.05, 4.69) is 53.1 Å². The quantitative estimate of drug-likeness (QED) is 0.0469. The van der Waals surface area contributed by atoms with Crippen LogP contribution in [0.2, 0.25) is 18.1 Å². The summed E-state index contributed by atoms with van der Waals surface area (Å²) in [6.07, 6.45) is 8.78. The van der Waals surface area contributed by atoms with E-state index in [0.717, 1.165) is 47.3 Å². The number of ketones is 1. The highest BCUT2D eigenvalue weighted by Gasteiger charge is 2.55. The molecular weight excluding hydrogens is 853 g/mol. The number of methoxy groups -OCH3 is 2. The van der Waals surface area contributed by atoms with E-state index in [1.54, 1.807) is 14.2 Å². The summed E-state index contributed by atoms with van der Waals surface area (Å²) in [4.78, 5) is 14.0. The van der Waals surface area contributed by atoms with Crippen LogP contribution in [0.15, 0.2) is 91.1 Å². The Balaban J connectivity index is 1.21. The van der Waals surface area contributed by atoms with Crippen LogP contribution in [-0.2, 0) is 55.6 Å². The molecule has 368 valence electrons. The number of rotatable bonds is 24. The standard InChI is InChI=1S/C54H82O11Si/c1-38-28-45(62-48(29-38)33-49-31-39(2)30-47(63-49)32-44(25-27-55)60-36-42-18-20-43(57-9)21-19-42)24-26-53(7,8)54(58-10)51(56)23-22-46(64-54)34-50(65-66(11,12)52(4,5)6)40(3)61-37-59-35-41-16-14-13-15-17-41/h13-21,24,26,40,44-50,55H,1-2,22-23,25,27-37H2,3-12H3/b26-24+/t40-,44+,45+,46+,47+,48+,49-,50-,54-/m1/s1. The van der Waals surface area contributed by atoms with E-state index in [-0.39, 0.29) is 73.1 Å². The Morgan fingerprint density at radius 1 is 0.848 bits per heavy atom. The van der Waals surface area contributed by atoms with E-state index in [1.807, 2.05) is 81.4 Å². The summed E-state index contributed by atoms with van der Waals surface area (Å²) < 4.78 is 57.3. The van der Waals surface area contributed by atoms with Gasteiger partial charge in [-0.2, -0.15) is 0 Å². The highest BCUT2D eigenvalue weighted by atomic mass is 28.4. The minimum atomic E-state index is -2.24. The van der Waals surface area contributed by atoms with Gasteiger partial charge in [-0.15, -0.1) is 0 Å². The van der Waals surface area contributed by atoms with Crippen molar-refractivity contribution < 1.29 is 52.2 Å². The number of hydrogen-bond acceptors (Lipinski definition) is 11. The molecule has 2 aromatic carbocycles. The van der Waals surface area contributed by atoms with Gasteiger partial charge in [-0.3, -0.25) is 4.79 Å². The third-order valence-corrected chi connectivity index (χ3v) is 18.5. The van der Waals surface area contributed by atoms with Crippen LogP contribution in [0.1, 0.15) is 117 Å². The van der Waals surface area contributed by atoms with Gasteiger partial charge >= 0.3 is 0 Å². The lowest BCUT2D eigenvalue weighted by Crippen LogP contribution is -2.59. The highest BCUT2D eigenvalue weighted by Crippen LogP contribution is 2.45. The van der Waals surface area contributed by atoms with Gasteiger partial charge in [0.05, 0.1) is 69.2 Å². The summed E-state index contributed by atoms with van der Waals surface area (Å²) in [5.41, 5.74) is 3.53. The van der Waals surface area contributed by atoms with Crippen molar-refractivity contribution in [1.82, 2.24) is 0 Å². The van der Waals surface area contributed by atoms with Gasteiger partial charge in [0, 0.05) is 44.8 Å². The monoisotopic (exact) mass is 935 g/mol. The number of aliphatic hydroxyl groups is 1. The molecule has 2 aromatic rings. The Hall–Kier alpha value is -3.01. The van der Waals surface area contributed by atoms with Crippen molar-refractivity contribution in [3.63, 3.8) is 0 Å². The minimum Gasteiger partial charge on any atom is -0.497 e. The first-order valence-electron chi connectivity index (χ1n) is 24.1. The molecular formula is C54H82O11Si. The number of benzene rings is 2. The molecule has 0 bridgehead atoms. The zero-order valence-corrected chi connectivity index (χ0v) is 42.8. The predicted octanol–water partition coefficient (Wildman–Crippen LogP) is 11.0. The molecule has 1 N–H and O–H groups in total. The van der Waals surface area contributed by atoms with Crippen LogP contribution in [0.3, 0.4) is 0 Å². The fourth-order valence-corrected chi connectivity index (χ4v) is 10.5. The highest BCUT2D eigenvalue weighted by molar-refractivity contribution is 6.74. The molecule has 12 heteroatoms. The van der Waals surface area contributed by atoms with Crippen molar-refractivity contribution in [2.24, 2.45) is 5.41 Å². The fourth-order valence-electron chi connectivity index (χ4n) is 9.12. The van der Waals surface area contributed by atoms with Crippen molar-refractivity contribution in [3.8, 4) is 5.75 Å². The first kappa shape index (κ1) is 53.9. The molecule has 3 aliphatic heterocycles. The Morgan fingerprint density at radius 3 is 2.15 bits per heavy atom. The van der Waals surface area contributed by atoms with E-state index >= 15 is 0 Å². The zero-order chi connectivity index (χ0) is 48.1. The summed E-state index contributed by atoms with van der Waals surface area (Å²) in [5.74, 6) is -0.799. The summed E-state index contributed by atoms with van der Waals surface area (Å²) in [6, 6.07) is 17.9. The number of hydrogen-bond donors (Lipinski definition) is 1. The maximum absolute atomic E-state index is 14.0. The molecule has 0 radical (unpaired) electrons. The maximum Gasteiger partial charge on any atom is 0.237 e. The molecule has 66 heavy (non-hydrogen) atoms. The molecule has 3 heterocycles. The van der Waals surface area contributed by atoms with Crippen molar-refractivity contribution in [2.45, 2.75) is 192 Å². The Kier molecular flexibility index (Phi) is 20.0. The number of carbonyl (C=O) groups is 1. The van der Waals surface area contributed by atoms with Gasteiger partial charge in [0.1, 0.15) is 12.5 Å². The summed E-state index contributed by atoms with van der Waals surface area (Å²) in [5, 5.41) is 9.84. The molecule has 0 saturated carbocycles. The van der Waals surface area contributed by atoms with Gasteiger partial charge < -0.3 is 47.4 Å². The van der Waals surface area contributed by atoms with Gasteiger partial charge in [-0.05, 0) is 86.8 Å². The SMILES string of the molecule is C=C1C[C@H](C[C@@H]2CC(=C)C[C@H](/C=C/C(C)(C)[C@]3(OC)O[C@H](C[C@@H](O[Si](C)(C)C(C)(C)C)[C@@H](C)OCOCc4ccccc4)CCC3=O)O2)O[C@H](C[C@H](CCO)OCc2ccc(OC)cc2)C1. The lowest BCUT2D eigenvalue weighted by molar-refractivity contribution is -0.285. The second-order valence-electron chi connectivity index (χ2n) is 20.8. The zero-order valence-electron chi connectivity index (χ0n) is 41.8. The largest absolute Gasteiger partial charge is 0.497 e. The van der Waals surface area contributed by atoms with Crippen molar-refractivity contribution >= 4 is 14.1 Å². The van der Waals surface area contributed by atoms with Crippen LogP contribution in [0.5, 0.6) is 5.75 Å². The molecule has 0 spiro atoms. The third kappa shape index (κ3) is 15.2. The molecule has 0 aliphatic carbocycles. The Morgan fingerprint density at radius 2 is 1.50 bits per heavy atom. The van der Waals surface area contributed by atoms with Crippen LogP contribution in [-0.4, -0.2) is 101 Å². The van der Waals surface area contributed by atoms with Gasteiger partial charge in [-0.1, -0.05) is 114 Å². The molecule has 0 unspecified atom stereocenters. The van der Waals surface area contributed by atoms with Crippen LogP contribution < -0.4 is 4.74 Å². The van der Waals surface area contributed by atoms with Crippen LogP contribution >= 0.6 is 0 Å².